The molecule has 0 aliphatic heterocycles. The van der Waals surface area contributed by atoms with Gasteiger partial charge in [0.15, 0.2) is 5.28 Å². The largest absolute Gasteiger partial charge is 0.456 e. The number of nitrogens with one attached hydrogen (secondary N) is 1. The molecule has 0 amide bonds. The molecule has 0 saturated heterocycles. The van der Waals surface area contributed by atoms with Crippen LogP contribution >= 0.6 is 7.60 Å². The second-order valence-electron chi connectivity index (χ2n) is 9.22. The summed E-state index contributed by atoms with van der Waals surface area (Å²) in [7, 11) is -8.58. The fourth-order valence-electron chi connectivity index (χ4n) is 4.74. The van der Waals surface area contributed by atoms with Gasteiger partial charge in [-0.2, -0.15) is 4.72 Å². The Labute approximate surface area is 225 Å². The third kappa shape index (κ3) is 5.56. The van der Waals surface area contributed by atoms with Crippen molar-refractivity contribution in [3.63, 3.8) is 0 Å². The smallest absolute Gasteiger partial charge is 0.415 e. The lowest BCUT2D eigenvalue weighted by molar-refractivity contribution is 0.324. The van der Waals surface area contributed by atoms with Gasteiger partial charge in [-0.1, -0.05) is 91.3 Å². The Kier molecular flexibility index (Phi) is 8.12. The van der Waals surface area contributed by atoms with Gasteiger partial charge in [0.2, 0.25) is 10.0 Å². The van der Waals surface area contributed by atoms with Crippen molar-refractivity contribution < 1.29 is 22.0 Å². The van der Waals surface area contributed by atoms with Crippen LogP contribution in [-0.4, -0.2) is 8.42 Å². The summed E-state index contributed by atoms with van der Waals surface area (Å²) in [6.07, 6.45) is 0.0805. The van der Waals surface area contributed by atoms with E-state index >= 15 is 4.57 Å². The SMILES string of the molecule is CC[C@@](NS(=O)(=O)c1c(C)cc(C)cc1C)(c1ccccc1)P(=O)(Oc1ccccc1)Oc1ccccc1. The molecular formula is C30H32NO5PS. The van der Waals surface area contributed by atoms with Gasteiger partial charge < -0.3 is 9.05 Å². The number of benzene rings is 4. The minimum Gasteiger partial charge on any atom is -0.415 e. The highest BCUT2D eigenvalue weighted by molar-refractivity contribution is 7.90. The highest BCUT2D eigenvalue weighted by Crippen LogP contribution is 2.64. The third-order valence-electron chi connectivity index (χ3n) is 6.34. The number of sulfonamides is 1. The maximum atomic E-state index is 15.2. The van der Waals surface area contributed by atoms with Crippen LogP contribution in [0, 0.1) is 20.8 Å². The van der Waals surface area contributed by atoms with Crippen LogP contribution in [0.1, 0.15) is 35.6 Å². The standard InChI is InChI=1S/C30H32NO5PS/c1-5-30(26-15-9-6-10-16-26,31-38(33,34)29-24(3)21-23(2)22-25(29)4)37(32,35-27-17-11-7-12-18-27)36-28-19-13-8-14-20-28/h6-22,31H,5H2,1-4H3/t30-/m0/s1. The molecule has 0 heterocycles. The lowest BCUT2D eigenvalue weighted by atomic mass is 10.1. The molecule has 0 saturated carbocycles. The van der Waals surface area contributed by atoms with E-state index < -0.39 is 22.9 Å². The van der Waals surface area contributed by atoms with E-state index in [0.29, 0.717) is 28.2 Å². The summed E-state index contributed by atoms with van der Waals surface area (Å²) in [5, 5.41) is -1.76. The van der Waals surface area contributed by atoms with Crippen LogP contribution in [0.4, 0.5) is 0 Å². The molecule has 8 heteroatoms. The Morgan fingerprint density at radius 3 is 1.58 bits per heavy atom. The Morgan fingerprint density at radius 2 is 1.16 bits per heavy atom. The molecular weight excluding hydrogens is 517 g/mol. The van der Waals surface area contributed by atoms with E-state index in [1.54, 1.807) is 93.6 Å². The molecule has 0 aliphatic rings. The summed E-state index contributed by atoms with van der Waals surface area (Å²) in [6, 6.07) is 29.7. The van der Waals surface area contributed by atoms with Gasteiger partial charge in [-0.3, -0.25) is 0 Å². The van der Waals surface area contributed by atoms with Gasteiger partial charge in [-0.15, -0.1) is 0 Å². The lowest BCUT2D eigenvalue weighted by Crippen LogP contribution is -2.47. The van der Waals surface area contributed by atoms with Crippen molar-refractivity contribution in [1.82, 2.24) is 4.72 Å². The van der Waals surface area contributed by atoms with Gasteiger partial charge in [-0.25, -0.2) is 13.0 Å². The average molecular weight is 550 g/mol. The molecule has 198 valence electrons. The van der Waals surface area contributed by atoms with E-state index in [0.717, 1.165) is 5.56 Å². The first-order valence-electron chi connectivity index (χ1n) is 12.4. The van der Waals surface area contributed by atoms with Crippen LogP contribution in [0.3, 0.4) is 0 Å². The molecule has 0 spiro atoms. The Hall–Kier alpha value is -3.38. The van der Waals surface area contributed by atoms with E-state index in [9.17, 15) is 8.42 Å². The van der Waals surface area contributed by atoms with Gasteiger partial charge in [0.25, 0.3) is 0 Å². The molecule has 6 nitrogen and oxygen atoms in total. The van der Waals surface area contributed by atoms with Gasteiger partial charge in [0.05, 0.1) is 4.90 Å². The maximum Gasteiger partial charge on any atom is 0.456 e. The molecule has 0 fully saturated rings. The van der Waals surface area contributed by atoms with Crippen molar-refractivity contribution in [2.45, 2.75) is 44.3 Å². The molecule has 4 aromatic carbocycles. The van der Waals surface area contributed by atoms with Crippen LogP contribution in [0.25, 0.3) is 0 Å². The van der Waals surface area contributed by atoms with Crippen LogP contribution in [-0.2, 0) is 19.9 Å². The number of para-hydroxylation sites is 2. The lowest BCUT2D eigenvalue weighted by Gasteiger charge is -2.39. The fourth-order valence-corrected chi connectivity index (χ4v) is 9.32. The Balaban J connectivity index is 1.96. The van der Waals surface area contributed by atoms with E-state index in [-0.39, 0.29) is 11.3 Å². The van der Waals surface area contributed by atoms with Crippen molar-refractivity contribution in [3.05, 3.63) is 125 Å². The van der Waals surface area contributed by atoms with Gasteiger partial charge in [0.1, 0.15) is 11.5 Å². The first kappa shape index (κ1) is 27.6. The fraction of sp³-hybridized carbons (Fsp3) is 0.200. The van der Waals surface area contributed by atoms with Crippen molar-refractivity contribution in [1.29, 1.82) is 0 Å². The van der Waals surface area contributed by atoms with Crippen LogP contribution in [0.2, 0.25) is 0 Å². The molecule has 1 atom stereocenters. The van der Waals surface area contributed by atoms with Crippen LogP contribution in [0.5, 0.6) is 11.5 Å². The normalized spacial score (nSPS) is 13.5. The first-order chi connectivity index (χ1) is 18.1. The summed E-state index contributed by atoms with van der Waals surface area (Å²) < 4.78 is 58.6. The monoisotopic (exact) mass is 549 g/mol. The van der Waals surface area contributed by atoms with E-state index in [1.807, 2.05) is 37.3 Å². The predicted octanol–water partition coefficient (Wildman–Crippen LogP) is 7.50. The predicted molar refractivity (Wildman–Crippen MR) is 151 cm³/mol. The molecule has 0 radical (unpaired) electrons. The molecule has 1 N–H and O–H groups in total. The molecule has 4 rings (SSSR count). The van der Waals surface area contributed by atoms with E-state index in [1.165, 1.54) is 0 Å². The third-order valence-corrected chi connectivity index (χ3v) is 10.8. The zero-order chi connectivity index (χ0) is 27.4. The molecule has 0 aliphatic carbocycles. The van der Waals surface area contributed by atoms with E-state index in [2.05, 4.69) is 4.72 Å². The molecule has 38 heavy (non-hydrogen) atoms. The average Bonchev–Trinajstić information content (AvgIpc) is 2.88. The van der Waals surface area contributed by atoms with Gasteiger partial charge in [0, 0.05) is 0 Å². The zero-order valence-corrected chi connectivity index (χ0v) is 23.6. The number of hydrogen-bond acceptors (Lipinski definition) is 5. The summed E-state index contributed by atoms with van der Waals surface area (Å²) in [4.78, 5) is 0.142. The zero-order valence-electron chi connectivity index (χ0n) is 21.9. The second-order valence-corrected chi connectivity index (χ2v) is 13.0. The van der Waals surface area contributed by atoms with Crippen molar-refractivity contribution in [2.24, 2.45) is 0 Å². The first-order valence-corrected chi connectivity index (χ1v) is 15.4. The molecule has 0 bridgehead atoms. The Bertz CT molecular complexity index is 1480. The van der Waals surface area contributed by atoms with Gasteiger partial charge in [-0.05, 0) is 68.1 Å². The summed E-state index contributed by atoms with van der Waals surface area (Å²) in [5.41, 5.74) is 2.60. The molecule has 0 unspecified atom stereocenters. The Morgan fingerprint density at radius 1 is 0.737 bits per heavy atom. The number of rotatable bonds is 10. The molecule has 0 aromatic heterocycles. The van der Waals surface area contributed by atoms with Crippen LogP contribution < -0.4 is 13.8 Å². The number of hydrogen-bond donors (Lipinski definition) is 1. The highest BCUT2D eigenvalue weighted by atomic mass is 32.2. The quantitative estimate of drug-likeness (QED) is 0.207. The second kappa shape index (κ2) is 11.2. The summed E-state index contributed by atoms with van der Waals surface area (Å²) in [5.74, 6) is 0.588. The molecule has 4 aromatic rings. The van der Waals surface area contributed by atoms with Crippen molar-refractivity contribution in [2.75, 3.05) is 0 Å². The minimum atomic E-state index is -4.37. The topological polar surface area (TPSA) is 81.7 Å². The number of aryl methyl sites for hydroxylation is 3. The highest BCUT2D eigenvalue weighted by Gasteiger charge is 2.57. The van der Waals surface area contributed by atoms with E-state index in [4.69, 9.17) is 9.05 Å². The summed E-state index contributed by atoms with van der Waals surface area (Å²) in [6.45, 7) is 7.19. The van der Waals surface area contributed by atoms with Crippen LogP contribution in [0.15, 0.2) is 108 Å². The van der Waals surface area contributed by atoms with Crippen molar-refractivity contribution in [3.8, 4) is 11.5 Å². The van der Waals surface area contributed by atoms with Crippen molar-refractivity contribution >= 4 is 17.6 Å². The van der Waals surface area contributed by atoms with Gasteiger partial charge >= 0.3 is 7.60 Å². The summed E-state index contributed by atoms with van der Waals surface area (Å²) >= 11 is 0. The minimum absolute atomic E-state index is 0.0805. The maximum absolute atomic E-state index is 15.2.